The third-order valence-corrected chi connectivity index (χ3v) is 4.61. The van der Waals surface area contributed by atoms with Crippen LogP contribution in [0.25, 0.3) is 0 Å². The molecule has 2 aliphatic rings. The van der Waals surface area contributed by atoms with Crippen LogP contribution in [0.4, 0.5) is 4.39 Å². The molecular weight excluding hydrogens is 319 g/mol. The number of benzene rings is 1. The van der Waals surface area contributed by atoms with E-state index in [0.29, 0.717) is 17.6 Å². The highest BCUT2D eigenvalue weighted by molar-refractivity contribution is 5.97. The largest absolute Gasteiger partial charge is 0.341 e. The molecule has 3 rings (SSSR count). The number of hydrogen-bond acceptors (Lipinski definition) is 3. The Kier molecular flexibility index (Phi) is 6.13. The van der Waals surface area contributed by atoms with Crippen LogP contribution < -0.4 is 5.32 Å². The maximum Gasteiger partial charge on any atom is 0.223 e. The van der Waals surface area contributed by atoms with Gasteiger partial charge >= 0.3 is 0 Å². The first-order valence-corrected chi connectivity index (χ1v) is 7.94. The summed E-state index contributed by atoms with van der Waals surface area (Å²) in [6, 6.07) is 6.43. The van der Waals surface area contributed by atoms with Crippen molar-refractivity contribution in [1.82, 2.24) is 10.2 Å². The van der Waals surface area contributed by atoms with E-state index in [2.05, 4.69) is 5.32 Å². The summed E-state index contributed by atoms with van der Waals surface area (Å²) < 4.78 is 12.8. The summed E-state index contributed by atoms with van der Waals surface area (Å²) in [7, 11) is 0. The molecule has 1 aromatic carbocycles. The minimum Gasteiger partial charge on any atom is -0.341 e. The standard InChI is InChI=1S/C17H21FN2O2.ClH/c18-13-3-1-12(2-4-13)16(21)7-8-17(22)20-10-9-14-5-6-15(11-20)19-14;/h1-4,14-15,19H,5-11H2;1H. The van der Waals surface area contributed by atoms with Crippen LogP contribution >= 0.6 is 12.4 Å². The summed E-state index contributed by atoms with van der Waals surface area (Å²) in [5.41, 5.74) is 0.464. The average molecular weight is 341 g/mol. The number of amides is 1. The van der Waals surface area contributed by atoms with E-state index in [0.717, 1.165) is 25.9 Å². The molecule has 2 aliphatic heterocycles. The fourth-order valence-electron chi connectivity index (χ4n) is 3.33. The monoisotopic (exact) mass is 340 g/mol. The molecule has 1 amide bonds. The van der Waals surface area contributed by atoms with Gasteiger partial charge in [0.05, 0.1) is 0 Å². The van der Waals surface area contributed by atoms with Crippen molar-refractivity contribution >= 4 is 24.1 Å². The van der Waals surface area contributed by atoms with Crippen LogP contribution in [0, 0.1) is 5.82 Å². The van der Waals surface area contributed by atoms with Crippen LogP contribution in [0.3, 0.4) is 0 Å². The quantitative estimate of drug-likeness (QED) is 0.857. The number of rotatable bonds is 4. The van der Waals surface area contributed by atoms with Gasteiger partial charge in [0.1, 0.15) is 5.82 Å². The van der Waals surface area contributed by atoms with E-state index in [1.165, 1.54) is 30.7 Å². The van der Waals surface area contributed by atoms with Gasteiger partial charge in [-0.2, -0.15) is 0 Å². The molecule has 1 N–H and O–H groups in total. The van der Waals surface area contributed by atoms with E-state index >= 15 is 0 Å². The molecule has 126 valence electrons. The maximum atomic E-state index is 12.8. The first-order valence-electron chi connectivity index (χ1n) is 7.94. The Morgan fingerprint density at radius 1 is 1.09 bits per heavy atom. The molecule has 2 atom stereocenters. The lowest BCUT2D eigenvalue weighted by atomic mass is 10.0. The Morgan fingerprint density at radius 2 is 1.78 bits per heavy atom. The van der Waals surface area contributed by atoms with Crippen molar-refractivity contribution in [2.75, 3.05) is 13.1 Å². The SMILES string of the molecule is Cl.O=C(CCC(=O)N1CCC2CCC(C1)N2)c1ccc(F)cc1. The minimum absolute atomic E-state index is 0. The normalized spacial score (nSPS) is 23.1. The third kappa shape index (κ3) is 4.52. The van der Waals surface area contributed by atoms with E-state index in [1.807, 2.05) is 4.90 Å². The van der Waals surface area contributed by atoms with Crippen molar-refractivity contribution in [3.8, 4) is 0 Å². The molecule has 1 aromatic rings. The minimum atomic E-state index is -0.361. The Morgan fingerprint density at radius 3 is 2.52 bits per heavy atom. The van der Waals surface area contributed by atoms with Crippen LogP contribution in [-0.2, 0) is 4.79 Å². The van der Waals surface area contributed by atoms with Crippen molar-refractivity contribution in [2.24, 2.45) is 0 Å². The number of hydrogen-bond donors (Lipinski definition) is 1. The zero-order chi connectivity index (χ0) is 15.5. The van der Waals surface area contributed by atoms with Gasteiger partial charge in [0.15, 0.2) is 5.78 Å². The molecule has 2 bridgehead atoms. The van der Waals surface area contributed by atoms with Crippen molar-refractivity contribution in [3.05, 3.63) is 35.6 Å². The fourth-order valence-corrected chi connectivity index (χ4v) is 3.33. The lowest BCUT2D eigenvalue weighted by Crippen LogP contribution is -2.39. The smallest absolute Gasteiger partial charge is 0.223 e. The van der Waals surface area contributed by atoms with Gasteiger partial charge in [-0.3, -0.25) is 9.59 Å². The second-order valence-corrected chi connectivity index (χ2v) is 6.20. The Labute approximate surface area is 141 Å². The molecule has 0 aliphatic carbocycles. The number of carbonyl (C=O) groups is 2. The Bertz CT molecular complexity index is 564. The van der Waals surface area contributed by atoms with E-state index in [4.69, 9.17) is 0 Å². The average Bonchev–Trinajstić information content (AvgIpc) is 2.84. The predicted octanol–water partition coefficient (Wildman–Crippen LogP) is 2.56. The van der Waals surface area contributed by atoms with Gasteiger partial charge in [-0.1, -0.05) is 0 Å². The first-order chi connectivity index (χ1) is 10.6. The molecule has 2 heterocycles. The second kappa shape index (κ2) is 7.88. The van der Waals surface area contributed by atoms with Gasteiger partial charge in [0.2, 0.25) is 5.91 Å². The van der Waals surface area contributed by atoms with Crippen molar-refractivity contribution in [3.63, 3.8) is 0 Å². The van der Waals surface area contributed by atoms with Crippen molar-refractivity contribution in [2.45, 2.75) is 44.2 Å². The number of fused-ring (bicyclic) bond motifs is 2. The van der Waals surface area contributed by atoms with E-state index < -0.39 is 0 Å². The van der Waals surface area contributed by atoms with Crippen molar-refractivity contribution in [1.29, 1.82) is 0 Å². The van der Waals surface area contributed by atoms with Crippen LogP contribution in [0.5, 0.6) is 0 Å². The van der Waals surface area contributed by atoms with E-state index in [1.54, 1.807) is 0 Å². The van der Waals surface area contributed by atoms with Crippen LogP contribution in [0.15, 0.2) is 24.3 Å². The van der Waals surface area contributed by atoms with Crippen LogP contribution in [-0.4, -0.2) is 41.8 Å². The van der Waals surface area contributed by atoms with Crippen LogP contribution in [0.2, 0.25) is 0 Å². The molecular formula is C17H22ClFN2O2. The first kappa shape index (κ1) is 17.9. The highest BCUT2D eigenvalue weighted by Gasteiger charge is 2.30. The lowest BCUT2D eigenvalue weighted by molar-refractivity contribution is -0.131. The molecule has 2 saturated heterocycles. The van der Waals surface area contributed by atoms with Gasteiger partial charge in [-0.15, -0.1) is 12.4 Å². The summed E-state index contributed by atoms with van der Waals surface area (Å²) in [5, 5.41) is 3.54. The molecule has 6 heteroatoms. The van der Waals surface area contributed by atoms with Gasteiger partial charge in [0, 0.05) is 43.6 Å². The van der Waals surface area contributed by atoms with Gasteiger partial charge < -0.3 is 10.2 Å². The molecule has 23 heavy (non-hydrogen) atoms. The Hall–Kier alpha value is -1.46. The highest BCUT2D eigenvalue weighted by Crippen LogP contribution is 2.21. The summed E-state index contributed by atoms with van der Waals surface area (Å²) >= 11 is 0. The summed E-state index contributed by atoms with van der Waals surface area (Å²) in [5.74, 6) is -0.424. The number of carbonyl (C=O) groups excluding carboxylic acids is 2. The van der Waals surface area contributed by atoms with Crippen LogP contribution in [0.1, 0.15) is 42.5 Å². The summed E-state index contributed by atoms with van der Waals surface area (Å²) in [6.07, 6.45) is 3.74. The fraction of sp³-hybridized carbons (Fsp3) is 0.529. The molecule has 4 nitrogen and oxygen atoms in total. The zero-order valence-electron chi connectivity index (χ0n) is 13.0. The van der Waals surface area contributed by atoms with E-state index in [-0.39, 0.29) is 42.8 Å². The molecule has 2 fully saturated rings. The molecule has 0 radical (unpaired) electrons. The second-order valence-electron chi connectivity index (χ2n) is 6.20. The number of nitrogens with zero attached hydrogens (tertiary/aromatic N) is 1. The van der Waals surface area contributed by atoms with Gasteiger partial charge in [-0.05, 0) is 43.5 Å². The van der Waals surface area contributed by atoms with Gasteiger partial charge in [0.25, 0.3) is 0 Å². The van der Waals surface area contributed by atoms with E-state index in [9.17, 15) is 14.0 Å². The summed E-state index contributed by atoms with van der Waals surface area (Å²) in [6.45, 7) is 1.53. The van der Waals surface area contributed by atoms with Gasteiger partial charge in [-0.25, -0.2) is 4.39 Å². The lowest BCUT2D eigenvalue weighted by Gasteiger charge is -2.24. The predicted molar refractivity (Wildman–Crippen MR) is 88.4 cm³/mol. The molecule has 0 spiro atoms. The number of Topliss-reactive ketones (excluding diaryl/α,β-unsaturated/α-hetero) is 1. The molecule has 0 aromatic heterocycles. The Balaban J connectivity index is 0.00000192. The zero-order valence-corrected chi connectivity index (χ0v) is 13.8. The topological polar surface area (TPSA) is 49.4 Å². The number of likely N-dealkylation sites (tertiary alicyclic amines) is 1. The summed E-state index contributed by atoms with van der Waals surface area (Å²) in [4.78, 5) is 26.2. The molecule has 0 saturated carbocycles. The number of ketones is 1. The number of nitrogens with one attached hydrogen (secondary N) is 1. The van der Waals surface area contributed by atoms with Crippen molar-refractivity contribution < 1.29 is 14.0 Å². The third-order valence-electron chi connectivity index (χ3n) is 4.61. The maximum absolute atomic E-state index is 12.8. The molecule has 2 unspecified atom stereocenters. The highest BCUT2D eigenvalue weighted by atomic mass is 35.5. The number of halogens is 2.